The van der Waals surface area contributed by atoms with Gasteiger partial charge in [0.2, 0.25) is 5.91 Å². The van der Waals surface area contributed by atoms with Gasteiger partial charge in [0.25, 0.3) is 5.91 Å². The topological polar surface area (TPSA) is 83.6 Å². The van der Waals surface area contributed by atoms with Gasteiger partial charge in [-0.3, -0.25) is 9.59 Å². The van der Waals surface area contributed by atoms with E-state index >= 15 is 0 Å². The lowest BCUT2D eigenvalue weighted by Crippen LogP contribution is -2.38. The van der Waals surface area contributed by atoms with E-state index in [-0.39, 0.29) is 24.3 Å². The van der Waals surface area contributed by atoms with Crippen molar-refractivity contribution in [2.75, 3.05) is 31.2 Å². The summed E-state index contributed by atoms with van der Waals surface area (Å²) in [5, 5.41) is 5.84. The van der Waals surface area contributed by atoms with Gasteiger partial charge in [0.15, 0.2) is 0 Å². The molecule has 3 heterocycles. The van der Waals surface area contributed by atoms with Crippen LogP contribution in [0.2, 0.25) is 0 Å². The first-order chi connectivity index (χ1) is 13.2. The van der Waals surface area contributed by atoms with E-state index in [1.54, 1.807) is 12.3 Å². The minimum atomic E-state index is -0.277. The largest absolute Gasteiger partial charge is 0.378 e. The molecule has 1 atom stereocenters. The Morgan fingerprint density at radius 3 is 2.89 bits per heavy atom. The van der Waals surface area contributed by atoms with Crippen molar-refractivity contribution in [3.63, 3.8) is 0 Å². The highest BCUT2D eigenvalue weighted by Crippen LogP contribution is 2.27. The number of amides is 2. The number of anilines is 1. The second-order valence-corrected chi connectivity index (χ2v) is 6.68. The van der Waals surface area contributed by atoms with Gasteiger partial charge in [-0.1, -0.05) is 24.3 Å². The van der Waals surface area contributed by atoms with Gasteiger partial charge in [-0.05, 0) is 17.7 Å². The number of hydrogen-bond acceptors (Lipinski definition) is 5. The normalized spacial score (nSPS) is 18.7. The molecule has 2 aromatic rings. The van der Waals surface area contributed by atoms with Crippen LogP contribution in [0.25, 0.3) is 0 Å². The Kier molecular flexibility index (Phi) is 5.02. The Bertz CT molecular complexity index is 849. The summed E-state index contributed by atoms with van der Waals surface area (Å²) in [6, 6.07) is 11.0. The number of aromatic nitrogens is 1. The molecule has 1 aromatic heterocycles. The minimum Gasteiger partial charge on any atom is -0.378 e. The van der Waals surface area contributed by atoms with Gasteiger partial charge in [0.05, 0.1) is 25.7 Å². The van der Waals surface area contributed by atoms with Gasteiger partial charge in [-0.15, -0.1) is 0 Å². The number of hydrogen-bond donors (Lipinski definition) is 2. The molecule has 27 heavy (non-hydrogen) atoms. The SMILES string of the molecule is O=C(C[C@H]1NC(=O)c2ccccc21)NCc1cccnc1N1CCOCC1. The molecule has 1 saturated heterocycles. The fourth-order valence-electron chi connectivity index (χ4n) is 3.56. The van der Waals surface area contributed by atoms with Crippen molar-refractivity contribution >= 4 is 17.6 Å². The number of benzene rings is 1. The highest BCUT2D eigenvalue weighted by molar-refractivity contribution is 5.99. The third kappa shape index (κ3) is 3.78. The Balaban J connectivity index is 1.39. The molecule has 7 nitrogen and oxygen atoms in total. The van der Waals surface area contributed by atoms with Crippen molar-refractivity contribution in [1.29, 1.82) is 0 Å². The molecular formula is C20H22N4O3. The van der Waals surface area contributed by atoms with Crippen LogP contribution in [0.5, 0.6) is 0 Å². The number of pyridine rings is 1. The van der Waals surface area contributed by atoms with Crippen molar-refractivity contribution in [1.82, 2.24) is 15.6 Å². The van der Waals surface area contributed by atoms with E-state index in [2.05, 4.69) is 20.5 Å². The summed E-state index contributed by atoms with van der Waals surface area (Å²) in [7, 11) is 0. The highest BCUT2D eigenvalue weighted by Gasteiger charge is 2.29. The Labute approximate surface area is 157 Å². The van der Waals surface area contributed by atoms with Crippen LogP contribution in [0, 0.1) is 0 Å². The summed E-state index contributed by atoms with van der Waals surface area (Å²) < 4.78 is 5.40. The second-order valence-electron chi connectivity index (χ2n) is 6.68. The number of morpholine rings is 1. The molecule has 0 saturated carbocycles. The third-order valence-corrected chi connectivity index (χ3v) is 4.93. The van der Waals surface area contributed by atoms with Crippen LogP contribution in [0.15, 0.2) is 42.6 Å². The molecule has 2 amide bonds. The van der Waals surface area contributed by atoms with Crippen LogP contribution < -0.4 is 15.5 Å². The molecule has 1 fully saturated rings. The first-order valence-electron chi connectivity index (χ1n) is 9.15. The summed E-state index contributed by atoms with van der Waals surface area (Å²) in [6.07, 6.45) is 1.98. The zero-order valence-electron chi connectivity index (χ0n) is 15.0. The van der Waals surface area contributed by atoms with E-state index in [1.807, 2.05) is 30.3 Å². The number of rotatable bonds is 5. The van der Waals surface area contributed by atoms with Crippen LogP contribution in [-0.4, -0.2) is 43.1 Å². The number of ether oxygens (including phenoxy) is 1. The summed E-state index contributed by atoms with van der Waals surface area (Å²) in [4.78, 5) is 31.1. The maximum Gasteiger partial charge on any atom is 0.252 e. The molecule has 2 aliphatic rings. The van der Waals surface area contributed by atoms with Crippen molar-refractivity contribution in [2.45, 2.75) is 19.0 Å². The molecule has 0 bridgehead atoms. The molecule has 1 aromatic carbocycles. The van der Waals surface area contributed by atoms with Gasteiger partial charge in [-0.2, -0.15) is 0 Å². The van der Waals surface area contributed by atoms with E-state index in [9.17, 15) is 9.59 Å². The van der Waals surface area contributed by atoms with E-state index in [0.29, 0.717) is 25.3 Å². The summed E-state index contributed by atoms with van der Waals surface area (Å²) in [5.41, 5.74) is 2.51. The van der Waals surface area contributed by atoms with Crippen molar-refractivity contribution < 1.29 is 14.3 Å². The lowest BCUT2D eigenvalue weighted by molar-refractivity contribution is -0.121. The van der Waals surface area contributed by atoms with Crippen molar-refractivity contribution in [3.8, 4) is 0 Å². The van der Waals surface area contributed by atoms with Gasteiger partial charge >= 0.3 is 0 Å². The molecule has 2 aliphatic heterocycles. The average Bonchev–Trinajstić information content (AvgIpc) is 3.03. The predicted molar refractivity (Wildman–Crippen MR) is 100 cm³/mol. The number of carbonyl (C=O) groups excluding carboxylic acids is 2. The van der Waals surface area contributed by atoms with E-state index < -0.39 is 0 Å². The Hall–Kier alpha value is -2.93. The highest BCUT2D eigenvalue weighted by atomic mass is 16.5. The zero-order chi connectivity index (χ0) is 18.6. The van der Waals surface area contributed by atoms with Gasteiger partial charge in [0.1, 0.15) is 5.82 Å². The monoisotopic (exact) mass is 366 g/mol. The maximum atomic E-state index is 12.5. The van der Waals surface area contributed by atoms with E-state index in [4.69, 9.17) is 4.74 Å². The van der Waals surface area contributed by atoms with Crippen LogP contribution in [-0.2, 0) is 16.1 Å². The molecule has 0 aliphatic carbocycles. The zero-order valence-corrected chi connectivity index (χ0v) is 15.0. The smallest absolute Gasteiger partial charge is 0.252 e. The van der Waals surface area contributed by atoms with Crippen molar-refractivity contribution in [3.05, 3.63) is 59.3 Å². The second kappa shape index (κ2) is 7.75. The minimum absolute atomic E-state index is 0.103. The van der Waals surface area contributed by atoms with Crippen LogP contribution >= 0.6 is 0 Å². The maximum absolute atomic E-state index is 12.5. The molecular weight excluding hydrogens is 344 g/mol. The van der Waals surface area contributed by atoms with Gasteiger partial charge in [-0.25, -0.2) is 4.98 Å². The molecule has 0 radical (unpaired) electrons. The Morgan fingerprint density at radius 2 is 2.04 bits per heavy atom. The molecule has 7 heteroatoms. The van der Waals surface area contributed by atoms with E-state index in [0.717, 1.165) is 30.0 Å². The van der Waals surface area contributed by atoms with Gasteiger partial charge in [0, 0.05) is 37.0 Å². The van der Waals surface area contributed by atoms with E-state index in [1.165, 1.54) is 0 Å². The quantitative estimate of drug-likeness (QED) is 0.836. The summed E-state index contributed by atoms with van der Waals surface area (Å²) in [5.74, 6) is 0.666. The average molecular weight is 366 g/mol. The number of nitrogens with one attached hydrogen (secondary N) is 2. The molecule has 140 valence electrons. The van der Waals surface area contributed by atoms with Crippen molar-refractivity contribution in [2.24, 2.45) is 0 Å². The third-order valence-electron chi connectivity index (χ3n) is 4.93. The molecule has 2 N–H and O–H groups in total. The summed E-state index contributed by atoms with van der Waals surface area (Å²) >= 11 is 0. The fraction of sp³-hybridized carbons (Fsp3) is 0.350. The lowest BCUT2D eigenvalue weighted by Gasteiger charge is -2.29. The van der Waals surface area contributed by atoms with Crippen LogP contribution in [0.4, 0.5) is 5.82 Å². The number of carbonyl (C=O) groups is 2. The van der Waals surface area contributed by atoms with Crippen LogP contribution in [0.1, 0.15) is 33.9 Å². The standard InChI is InChI=1S/C20H22N4O3/c25-18(12-17-15-5-1-2-6-16(15)20(26)23-17)22-13-14-4-3-7-21-19(14)24-8-10-27-11-9-24/h1-7,17H,8-13H2,(H,22,25)(H,23,26)/t17-/m1/s1. The van der Waals surface area contributed by atoms with Gasteiger partial charge < -0.3 is 20.3 Å². The number of fused-ring (bicyclic) bond motifs is 1. The molecule has 0 unspecified atom stereocenters. The molecule has 4 rings (SSSR count). The summed E-state index contributed by atoms with van der Waals surface area (Å²) in [6.45, 7) is 3.36. The van der Waals surface area contributed by atoms with Crippen LogP contribution in [0.3, 0.4) is 0 Å². The first-order valence-corrected chi connectivity index (χ1v) is 9.15. The fourth-order valence-corrected chi connectivity index (χ4v) is 3.56. The number of nitrogens with zero attached hydrogens (tertiary/aromatic N) is 2. The predicted octanol–water partition coefficient (Wildman–Crippen LogP) is 1.41. The first kappa shape index (κ1) is 17.5. The molecule has 0 spiro atoms. The Morgan fingerprint density at radius 1 is 1.22 bits per heavy atom. The lowest BCUT2D eigenvalue weighted by atomic mass is 10.0.